The average Bonchev–Trinajstić information content (AvgIpc) is 3.07. The number of nitrogens with one attached hydrogen (secondary N) is 1. The lowest BCUT2D eigenvalue weighted by molar-refractivity contribution is -0.303. The number of ether oxygens (including phenoxy) is 2. The molecule has 1 rings (SSSR count). The molecular weight excluding hydrogens is 602 g/mol. The highest BCUT2D eigenvalue weighted by Crippen LogP contribution is 2.23. The van der Waals surface area contributed by atoms with Crippen LogP contribution in [0.25, 0.3) is 0 Å². The number of hydrogen-bond donors (Lipinski definition) is 7. The molecule has 7 N–H and O–H groups in total. The molecular formula is C37H73NO9. The summed E-state index contributed by atoms with van der Waals surface area (Å²) in [7, 11) is 0. The Morgan fingerprint density at radius 1 is 0.660 bits per heavy atom. The molecule has 280 valence electrons. The van der Waals surface area contributed by atoms with Crippen LogP contribution >= 0.6 is 0 Å². The van der Waals surface area contributed by atoms with E-state index >= 15 is 0 Å². The van der Waals surface area contributed by atoms with E-state index in [4.69, 9.17) is 9.47 Å². The minimum atomic E-state index is -1.60. The molecule has 47 heavy (non-hydrogen) atoms. The molecule has 0 aromatic carbocycles. The van der Waals surface area contributed by atoms with Gasteiger partial charge >= 0.3 is 0 Å². The quantitative estimate of drug-likeness (QED) is 0.0475. The summed E-state index contributed by atoms with van der Waals surface area (Å²) in [6.45, 7) is 3.34. The van der Waals surface area contributed by atoms with Crippen molar-refractivity contribution < 1.29 is 44.9 Å². The minimum Gasteiger partial charge on any atom is -0.394 e. The predicted molar refractivity (Wildman–Crippen MR) is 186 cm³/mol. The number of amides is 1. The highest BCUT2D eigenvalue weighted by Gasteiger charge is 2.44. The van der Waals surface area contributed by atoms with Gasteiger partial charge in [0.1, 0.15) is 30.5 Å². The SMILES string of the molecule is CCCCCCCCCCCCCCCCCCCCCCC(=O)N[C@@H](CO[C@H]1O[C@H](CO)[C@H](O)[C@H](O)[C@H]1O)[C@H](O)[C@H](O)CCCC. The highest BCUT2D eigenvalue weighted by molar-refractivity contribution is 5.76. The molecule has 0 aromatic rings. The first-order chi connectivity index (χ1) is 22.8. The summed E-state index contributed by atoms with van der Waals surface area (Å²) in [5.74, 6) is -0.267. The van der Waals surface area contributed by atoms with E-state index in [0.717, 1.165) is 32.1 Å². The predicted octanol–water partition coefficient (Wildman–Crippen LogP) is 5.41. The largest absolute Gasteiger partial charge is 0.394 e. The van der Waals surface area contributed by atoms with Crippen molar-refractivity contribution in [1.29, 1.82) is 0 Å². The van der Waals surface area contributed by atoms with Gasteiger partial charge in [-0.2, -0.15) is 0 Å². The van der Waals surface area contributed by atoms with Crippen LogP contribution in [0.3, 0.4) is 0 Å². The number of unbranched alkanes of at least 4 members (excludes halogenated alkanes) is 20. The van der Waals surface area contributed by atoms with Crippen LogP contribution in [-0.2, 0) is 14.3 Å². The molecule has 10 heteroatoms. The summed E-state index contributed by atoms with van der Waals surface area (Å²) < 4.78 is 11.0. The fraction of sp³-hybridized carbons (Fsp3) is 0.973. The van der Waals surface area contributed by atoms with Crippen LogP contribution in [0, 0.1) is 0 Å². The first-order valence-corrected chi connectivity index (χ1v) is 19.3. The lowest BCUT2D eigenvalue weighted by Crippen LogP contribution is -2.60. The Balaban J connectivity index is 2.20. The molecule has 0 radical (unpaired) electrons. The molecule has 1 aliphatic rings. The maximum absolute atomic E-state index is 12.7. The van der Waals surface area contributed by atoms with Crippen molar-refractivity contribution in [2.75, 3.05) is 13.2 Å². The van der Waals surface area contributed by atoms with E-state index < -0.39 is 55.6 Å². The van der Waals surface area contributed by atoms with Gasteiger partial charge in [-0.15, -0.1) is 0 Å². The van der Waals surface area contributed by atoms with E-state index in [-0.39, 0.29) is 18.9 Å². The van der Waals surface area contributed by atoms with Gasteiger partial charge in [0.2, 0.25) is 5.91 Å². The van der Waals surface area contributed by atoms with Crippen LogP contribution in [0.15, 0.2) is 0 Å². The van der Waals surface area contributed by atoms with E-state index in [1.54, 1.807) is 0 Å². The number of rotatable bonds is 31. The summed E-state index contributed by atoms with van der Waals surface area (Å²) in [5.41, 5.74) is 0. The fourth-order valence-electron chi connectivity index (χ4n) is 6.30. The molecule has 0 saturated carbocycles. The van der Waals surface area contributed by atoms with Crippen molar-refractivity contribution in [2.45, 2.75) is 217 Å². The minimum absolute atomic E-state index is 0.267. The van der Waals surface area contributed by atoms with Crippen LogP contribution in [0.5, 0.6) is 0 Å². The Bertz CT molecular complexity index is 728. The highest BCUT2D eigenvalue weighted by atomic mass is 16.7. The maximum atomic E-state index is 12.7. The van der Waals surface area contributed by atoms with Crippen molar-refractivity contribution in [3.05, 3.63) is 0 Å². The Labute approximate surface area is 286 Å². The molecule has 0 aliphatic carbocycles. The summed E-state index contributed by atoms with van der Waals surface area (Å²) in [6, 6.07) is -0.980. The fourth-order valence-corrected chi connectivity index (χ4v) is 6.30. The number of carbonyl (C=O) groups excluding carboxylic acids is 1. The van der Waals surface area contributed by atoms with Crippen molar-refractivity contribution in [3.8, 4) is 0 Å². The van der Waals surface area contributed by atoms with Gasteiger partial charge in [0.25, 0.3) is 0 Å². The van der Waals surface area contributed by atoms with Gasteiger partial charge < -0.3 is 45.4 Å². The monoisotopic (exact) mass is 676 g/mol. The lowest BCUT2D eigenvalue weighted by atomic mass is 9.99. The van der Waals surface area contributed by atoms with Crippen molar-refractivity contribution in [1.82, 2.24) is 5.32 Å². The number of hydrogen-bond acceptors (Lipinski definition) is 9. The number of aliphatic hydroxyl groups excluding tert-OH is 6. The van der Waals surface area contributed by atoms with E-state index in [1.807, 2.05) is 6.92 Å². The van der Waals surface area contributed by atoms with Gasteiger partial charge in [0.15, 0.2) is 6.29 Å². The van der Waals surface area contributed by atoms with Crippen LogP contribution < -0.4 is 5.32 Å². The molecule has 1 aliphatic heterocycles. The molecule has 8 atom stereocenters. The van der Waals surface area contributed by atoms with Crippen molar-refractivity contribution >= 4 is 5.91 Å². The Hall–Kier alpha value is -0.850. The van der Waals surface area contributed by atoms with Crippen LogP contribution in [0.2, 0.25) is 0 Å². The second-order valence-corrected chi connectivity index (χ2v) is 13.9. The Morgan fingerprint density at radius 3 is 1.55 bits per heavy atom. The molecule has 0 unspecified atom stereocenters. The summed E-state index contributed by atoms with van der Waals surface area (Å²) in [6.07, 6.45) is 18.3. The van der Waals surface area contributed by atoms with E-state index in [0.29, 0.717) is 12.8 Å². The summed E-state index contributed by atoms with van der Waals surface area (Å²) in [5, 5.41) is 63.8. The van der Waals surface area contributed by atoms with Gasteiger partial charge in [-0.1, -0.05) is 149 Å². The average molecular weight is 676 g/mol. The standard InChI is InChI=1S/C37H73NO9/c1-3-5-7-8-9-10-11-12-13-14-15-16-17-18-19-20-21-22-23-24-26-32(41)38-29(33(42)30(40)25-6-4-2)28-46-37-36(45)35(44)34(43)31(27-39)47-37/h29-31,33-37,39-40,42-45H,3-28H2,1-2H3,(H,38,41)/t29-,30+,31+,33-,34-,35-,36+,37-/m0/s1. The van der Waals surface area contributed by atoms with Gasteiger partial charge in [-0.3, -0.25) is 4.79 Å². The lowest BCUT2D eigenvalue weighted by Gasteiger charge is -2.40. The van der Waals surface area contributed by atoms with E-state index in [2.05, 4.69) is 12.2 Å². The van der Waals surface area contributed by atoms with Crippen molar-refractivity contribution in [2.24, 2.45) is 0 Å². The molecule has 0 aromatic heterocycles. The van der Waals surface area contributed by atoms with Crippen LogP contribution in [0.1, 0.15) is 168 Å². The van der Waals surface area contributed by atoms with Gasteiger partial charge in [0, 0.05) is 6.42 Å². The molecule has 0 bridgehead atoms. The van der Waals surface area contributed by atoms with E-state index in [9.17, 15) is 35.4 Å². The van der Waals surface area contributed by atoms with Crippen LogP contribution in [-0.4, -0.2) is 98.7 Å². The molecule has 1 fully saturated rings. The first kappa shape index (κ1) is 44.2. The number of aliphatic hydroxyl groups is 6. The number of carbonyl (C=O) groups is 1. The van der Waals surface area contributed by atoms with Crippen LogP contribution in [0.4, 0.5) is 0 Å². The molecule has 1 amide bonds. The Kier molecular flexibility index (Phi) is 27.2. The second-order valence-electron chi connectivity index (χ2n) is 13.9. The van der Waals surface area contributed by atoms with Crippen molar-refractivity contribution in [3.63, 3.8) is 0 Å². The molecule has 1 saturated heterocycles. The molecule has 1 heterocycles. The third-order valence-electron chi connectivity index (χ3n) is 9.55. The second kappa shape index (κ2) is 28.9. The molecule has 10 nitrogen and oxygen atoms in total. The normalized spacial score (nSPS) is 23.4. The third-order valence-corrected chi connectivity index (χ3v) is 9.55. The zero-order chi connectivity index (χ0) is 34.7. The third kappa shape index (κ3) is 20.4. The summed E-state index contributed by atoms with van der Waals surface area (Å²) in [4.78, 5) is 12.7. The van der Waals surface area contributed by atoms with Gasteiger partial charge in [0.05, 0.1) is 25.4 Å². The zero-order valence-corrected chi connectivity index (χ0v) is 29.9. The zero-order valence-electron chi connectivity index (χ0n) is 29.9. The van der Waals surface area contributed by atoms with E-state index in [1.165, 1.54) is 103 Å². The van der Waals surface area contributed by atoms with Gasteiger partial charge in [-0.25, -0.2) is 0 Å². The maximum Gasteiger partial charge on any atom is 0.220 e. The Morgan fingerprint density at radius 2 is 1.11 bits per heavy atom. The molecule has 0 spiro atoms. The topological polar surface area (TPSA) is 169 Å². The first-order valence-electron chi connectivity index (χ1n) is 19.3. The summed E-state index contributed by atoms with van der Waals surface area (Å²) >= 11 is 0. The van der Waals surface area contributed by atoms with Gasteiger partial charge in [-0.05, 0) is 12.8 Å². The smallest absolute Gasteiger partial charge is 0.220 e.